The highest BCUT2D eigenvalue weighted by atomic mass is 79.9. The Bertz CT molecular complexity index is 526. The van der Waals surface area contributed by atoms with E-state index in [0.717, 1.165) is 6.07 Å². The number of hydrogen-bond donors (Lipinski definition) is 1. The number of aromatic nitrogens is 1. The molecule has 0 saturated carbocycles. The van der Waals surface area contributed by atoms with Gasteiger partial charge in [-0.2, -0.15) is 0 Å². The summed E-state index contributed by atoms with van der Waals surface area (Å²) in [6.45, 7) is 0.208. The van der Waals surface area contributed by atoms with E-state index in [0.29, 0.717) is 20.9 Å². The first-order valence-electron chi connectivity index (χ1n) is 5.05. The van der Waals surface area contributed by atoms with Crippen LogP contribution in [0.2, 0.25) is 5.02 Å². The van der Waals surface area contributed by atoms with Crippen molar-refractivity contribution in [3.63, 3.8) is 0 Å². The molecule has 94 valence electrons. The lowest BCUT2D eigenvalue weighted by molar-refractivity contribution is 0.574. The molecule has 2 aromatic rings. The Morgan fingerprint density at radius 3 is 2.72 bits per heavy atom. The second-order valence-corrected chi connectivity index (χ2v) is 4.86. The van der Waals surface area contributed by atoms with E-state index in [1.54, 1.807) is 6.07 Å². The normalized spacial score (nSPS) is 10.4. The van der Waals surface area contributed by atoms with Crippen LogP contribution in [0.25, 0.3) is 0 Å². The molecular weight excluding hydrogens is 325 g/mol. The number of nitrogens with one attached hydrogen (secondary N) is 1. The van der Waals surface area contributed by atoms with Gasteiger partial charge in [-0.3, -0.25) is 0 Å². The van der Waals surface area contributed by atoms with Crippen molar-refractivity contribution in [1.82, 2.24) is 4.98 Å². The number of hydrogen-bond acceptors (Lipinski definition) is 2. The van der Waals surface area contributed by atoms with Crippen molar-refractivity contribution in [2.24, 2.45) is 0 Å². The number of rotatable bonds is 3. The minimum absolute atomic E-state index is 0.208. The molecule has 0 aliphatic heterocycles. The first-order valence-corrected chi connectivity index (χ1v) is 6.22. The maximum atomic E-state index is 13.4. The van der Waals surface area contributed by atoms with E-state index in [2.05, 4.69) is 26.2 Å². The standard InChI is InChI=1S/C12H8BrClF2N2/c13-10-3-8(14)6-18-12(10)17-5-7-1-2-9(15)4-11(7)16/h1-4,6H,5H2,(H,17,18). The SMILES string of the molecule is Fc1ccc(CNc2ncc(Cl)cc2Br)c(F)c1. The molecule has 0 radical (unpaired) electrons. The van der Waals surface area contributed by atoms with Gasteiger partial charge in [-0.25, -0.2) is 13.8 Å². The summed E-state index contributed by atoms with van der Waals surface area (Å²) in [6, 6.07) is 5.13. The fourth-order valence-corrected chi connectivity index (χ4v) is 2.17. The number of anilines is 1. The van der Waals surface area contributed by atoms with Crippen molar-refractivity contribution in [3.05, 3.63) is 57.2 Å². The van der Waals surface area contributed by atoms with Crippen molar-refractivity contribution in [1.29, 1.82) is 0 Å². The molecule has 0 fully saturated rings. The first-order chi connectivity index (χ1) is 8.56. The van der Waals surface area contributed by atoms with Crippen LogP contribution in [-0.2, 0) is 6.54 Å². The Labute approximate surface area is 116 Å². The summed E-state index contributed by atoms with van der Waals surface area (Å²) in [7, 11) is 0. The summed E-state index contributed by atoms with van der Waals surface area (Å²) in [5, 5.41) is 3.44. The minimum Gasteiger partial charge on any atom is -0.365 e. The van der Waals surface area contributed by atoms with E-state index < -0.39 is 11.6 Å². The Morgan fingerprint density at radius 1 is 1.28 bits per heavy atom. The molecule has 0 amide bonds. The Morgan fingerprint density at radius 2 is 2.06 bits per heavy atom. The quantitative estimate of drug-likeness (QED) is 0.901. The van der Waals surface area contributed by atoms with Gasteiger partial charge in [-0.1, -0.05) is 17.7 Å². The van der Waals surface area contributed by atoms with E-state index in [9.17, 15) is 8.78 Å². The lowest BCUT2D eigenvalue weighted by Crippen LogP contribution is -2.04. The summed E-state index contributed by atoms with van der Waals surface area (Å²) in [5.41, 5.74) is 0.361. The van der Waals surface area contributed by atoms with Crippen LogP contribution in [0, 0.1) is 11.6 Å². The number of benzene rings is 1. The van der Waals surface area contributed by atoms with Crippen molar-refractivity contribution >= 4 is 33.3 Å². The zero-order valence-electron chi connectivity index (χ0n) is 9.05. The molecule has 0 aliphatic rings. The summed E-state index contributed by atoms with van der Waals surface area (Å²) >= 11 is 9.04. The van der Waals surface area contributed by atoms with E-state index in [1.165, 1.54) is 18.3 Å². The molecule has 1 heterocycles. The zero-order chi connectivity index (χ0) is 13.1. The molecule has 18 heavy (non-hydrogen) atoms. The van der Waals surface area contributed by atoms with Gasteiger partial charge < -0.3 is 5.32 Å². The summed E-state index contributed by atoms with van der Waals surface area (Å²) in [4.78, 5) is 4.05. The third-order valence-electron chi connectivity index (χ3n) is 2.27. The van der Waals surface area contributed by atoms with Gasteiger partial charge in [0.1, 0.15) is 17.5 Å². The summed E-state index contributed by atoms with van der Waals surface area (Å²) < 4.78 is 26.8. The van der Waals surface area contributed by atoms with Crippen LogP contribution in [0.1, 0.15) is 5.56 Å². The molecule has 0 aliphatic carbocycles. The molecule has 0 unspecified atom stereocenters. The molecule has 6 heteroatoms. The van der Waals surface area contributed by atoms with Crippen LogP contribution in [0.15, 0.2) is 34.9 Å². The van der Waals surface area contributed by atoms with Gasteiger partial charge in [0.2, 0.25) is 0 Å². The van der Waals surface area contributed by atoms with Gasteiger partial charge in [0.05, 0.1) is 9.50 Å². The number of nitrogens with zero attached hydrogens (tertiary/aromatic N) is 1. The molecular formula is C12H8BrClF2N2. The minimum atomic E-state index is -0.595. The Balaban J connectivity index is 2.11. The molecule has 0 atom stereocenters. The van der Waals surface area contributed by atoms with Crippen LogP contribution in [0.3, 0.4) is 0 Å². The first kappa shape index (κ1) is 13.2. The Hall–Kier alpha value is -1.20. The van der Waals surface area contributed by atoms with Crippen molar-refractivity contribution in [2.75, 3.05) is 5.32 Å². The number of pyridine rings is 1. The van der Waals surface area contributed by atoms with Crippen LogP contribution in [0.5, 0.6) is 0 Å². The fourth-order valence-electron chi connectivity index (χ4n) is 1.39. The average molecular weight is 334 g/mol. The van der Waals surface area contributed by atoms with Gasteiger partial charge in [0.25, 0.3) is 0 Å². The number of halogens is 4. The van der Waals surface area contributed by atoms with Gasteiger partial charge in [-0.05, 0) is 28.1 Å². The molecule has 2 nitrogen and oxygen atoms in total. The monoisotopic (exact) mass is 332 g/mol. The largest absolute Gasteiger partial charge is 0.365 e. The van der Waals surface area contributed by atoms with Gasteiger partial charge in [0.15, 0.2) is 0 Å². The average Bonchev–Trinajstić information content (AvgIpc) is 2.30. The predicted molar refractivity (Wildman–Crippen MR) is 70.6 cm³/mol. The summed E-state index contributed by atoms with van der Waals surface area (Å²) in [6.07, 6.45) is 1.48. The maximum absolute atomic E-state index is 13.4. The molecule has 0 bridgehead atoms. The lowest BCUT2D eigenvalue weighted by Gasteiger charge is -2.08. The van der Waals surface area contributed by atoms with Gasteiger partial charge in [-0.15, -0.1) is 0 Å². The predicted octanol–water partition coefficient (Wildman–Crippen LogP) is 4.39. The van der Waals surface area contributed by atoms with E-state index >= 15 is 0 Å². The highest BCUT2D eigenvalue weighted by molar-refractivity contribution is 9.10. The summed E-state index contributed by atoms with van der Waals surface area (Å²) in [5.74, 6) is -0.641. The van der Waals surface area contributed by atoms with Crippen LogP contribution in [0.4, 0.5) is 14.6 Å². The van der Waals surface area contributed by atoms with Crippen molar-refractivity contribution < 1.29 is 8.78 Å². The fraction of sp³-hybridized carbons (Fsp3) is 0.0833. The Kier molecular flexibility index (Phi) is 4.14. The molecule has 2 rings (SSSR count). The third kappa shape index (κ3) is 3.17. The van der Waals surface area contributed by atoms with E-state index in [-0.39, 0.29) is 6.54 Å². The van der Waals surface area contributed by atoms with E-state index in [1.807, 2.05) is 0 Å². The van der Waals surface area contributed by atoms with E-state index in [4.69, 9.17) is 11.6 Å². The van der Waals surface area contributed by atoms with Gasteiger partial charge >= 0.3 is 0 Å². The second-order valence-electron chi connectivity index (χ2n) is 3.57. The topological polar surface area (TPSA) is 24.9 Å². The lowest BCUT2D eigenvalue weighted by atomic mass is 10.2. The van der Waals surface area contributed by atoms with Crippen LogP contribution < -0.4 is 5.32 Å². The van der Waals surface area contributed by atoms with Crippen LogP contribution in [-0.4, -0.2) is 4.98 Å². The zero-order valence-corrected chi connectivity index (χ0v) is 11.4. The molecule has 1 N–H and O–H groups in total. The highest BCUT2D eigenvalue weighted by Gasteiger charge is 2.06. The molecule has 0 spiro atoms. The van der Waals surface area contributed by atoms with Crippen molar-refractivity contribution in [2.45, 2.75) is 6.54 Å². The van der Waals surface area contributed by atoms with Gasteiger partial charge in [0, 0.05) is 24.4 Å². The molecule has 0 saturated heterocycles. The highest BCUT2D eigenvalue weighted by Crippen LogP contribution is 2.23. The smallest absolute Gasteiger partial charge is 0.140 e. The molecule has 1 aromatic carbocycles. The third-order valence-corrected chi connectivity index (χ3v) is 3.08. The second kappa shape index (κ2) is 5.63. The van der Waals surface area contributed by atoms with Crippen molar-refractivity contribution in [3.8, 4) is 0 Å². The van der Waals surface area contributed by atoms with Crippen LogP contribution >= 0.6 is 27.5 Å². The maximum Gasteiger partial charge on any atom is 0.140 e. The molecule has 1 aromatic heterocycles.